The molecule has 3 nitrogen and oxygen atoms in total. The summed E-state index contributed by atoms with van der Waals surface area (Å²) >= 11 is 4.23. The minimum absolute atomic E-state index is 0.188. The van der Waals surface area contributed by atoms with E-state index in [1.54, 1.807) is 12.1 Å². The molecule has 5 fully saturated rings. The first-order chi connectivity index (χ1) is 26.7. The molecule has 5 aliphatic rings. The summed E-state index contributed by atoms with van der Waals surface area (Å²) in [6, 6.07) is 32.9. The molecule has 0 amide bonds. The maximum atomic E-state index is 14.6. The van der Waals surface area contributed by atoms with E-state index in [1.165, 1.54) is 32.1 Å². The number of nitrogens with zero attached hydrogens (tertiary/aromatic N) is 2. The van der Waals surface area contributed by atoms with Gasteiger partial charge in [0.15, 0.2) is 0 Å². The molecule has 5 aromatic carbocycles. The van der Waals surface area contributed by atoms with Gasteiger partial charge in [0.05, 0.1) is 15.8 Å². The van der Waals surface area contributed by atoms with Crippen molar-refractivity contribution in [3.05, 3.63) is 102 Å². The van der Waals surface area contributed by atoms with Crippen LogP contribution in [0.25, 0.3) is 21.5 Å². The van der Waals surface area contributed by atoms with E-state index >= 15 is 0 Å². The van der Waals surface area contributed by atoms with Crippen LogP contribution >= 0.6 is 15.9 Å². The Hall–Kier alpha value is -3.71. The van der Waals surface area contributed by atoms with E-state index < -0.39 is 6.36 Å². The van der Waals surface area contributed by atoms with Gasteiger partial charge in [-0.3, -0.25) is 0 Å². The van der Waals surface area contributed by atoms with Crippen molar-refractivity contribution >= 4 is 60.2 Å². The Labute approximate surface area is 337 Å². The number of ether oxygens (including phenoxy) is 1. The lowest BCUT2D eigenvalue weighted by molar-refractivity contribution is -0.274. The first-order valence-corrected chi connectivity index (χ1v) is 21.6. The summed E-state index contributed by atoms with van der Waals surface area (Å²) in [7, 11) is 0. The van der Waals surface area contributed by atoms with E-state index in [0.717, 1.165) is 80.4 Å². The van der Waals surface area contributed by atoms with Crippen LogP contribution in [0.15, 0.2) is 102 Å². The summed E-state index contributed by atoms with van der Waals surface area (Å²) in [6.45, 7) is 9.58. The second-order valence-electron chi connectivity index (χ2n) is 19.5. The van der Waals surface area contributed by atoms with E-state index in [-0.39, 0.29) is 16.8 Å². The topological polar surface area (TPSA) is 15.7 Å². The van der Waals surface area contributed by atoms with Crippen LogP contribution in [0.2, 0.25) is 0 Å². The summed E-state index contributed by atoms with van der Waals surface area (Å²) in [6.07, 6.45) is 5.12. The van der Waals surface area contributed by atoms with E-state index in [2.05, 4.69) is 138 Å². The highest BCUT2D eigenvalue weighted by Crippen LogP contribution is 2.73. The minimum atomic E-state index is -4.86. The van der Waals surface area contributed by atoms with Crippen molar-refractivity contribution in [1.82, 2.24) is 0 Å². The molecule has 0 heterocycles. The number of fused-ring (bicyclic) bond motifs is 4. The van der Waals surface area contributed by atoms with Gasteiger partial charge in [-0.1, -0.05) is 86.6 Å². The summed E-state index contributed by atoms with van der Waals surface area (Å²) in [4.78, 5) is 4.85. The van der Waals surface area contributed by atoms with Gasteiger partial charge < -0.3 is 14.5 Å². The van der Waals surface area contributed by atoms with Gasteiger partial charge in [0.2, 0.25) is 0 Å². The fourth-order valence-corrected chi connectivity index (χ4v) is 14.4. The van der Waals surface area contributed by atoms with Crippen LogP contribution in [0.1, 0.15) is 85.5 Å². The van der Waals surface area contributed by atoms with Crippen molar-refractivity contribution < 1.29 is 17.9 Å². The number of hydrogen-bond acceptors (Lipinski definition) is 3. The minimum Gasteiger partial charge on any atom is -0.406 e. The summed E-state index contributed by atoms with van der Waals surface area (Å²) in [5.74, 6) is 3.58. The van der Waals surface area contributed by atoms with Gasteiger partial charge >= 0.3 is 6.36 Å². The van der Waals surface area contributed by atoms with Gasteiger partial charge in [-0.15, -0.1) is 13.2 Å². The molecular formula is C49H52BrF3N2O. The van der Waals surface area contributed by atoms with Crippen LogP contribution in [-0.4, -0.2) is 17.4 Å². The van der Waals surface area contributed by atoms with Crippen LogP contribution in [0.3, 0.4) is 0 Å². The molecule has 0 spiro atoms. The van der Waals surface area contributed by atoms with Gasteiger partial charge in [-0.25, -0.2) is 0 Å². The summed E-state index contributed by atoms with van der Waals surface area (Å²) < 4.78 is 49.5. The third-order valence-electron chi connectivity index (χ3n) is 15.1. The highest BCUT2D eigenvalue weighted by atomic mass is 79.9. The Bertz CT molecular complexity index is 2170. The number of benzene rings is 5. The zero-order valence-corrected chi connectivity index (χ0v) is 34.5. The molecule has 7 heteroatoms. The van der Waals surface area contributed by atoms with Gasteiger partial charge in [-0.2, -0.15) is 0 Å². The van der Waals surface area contributed by atoms with Crippen LogP contribution in [-0.2, 0) is 0 Å². The molecule has 0 N–H and O–H groups in total. The highest BCUT2D eigenvalue weighted by Gasteiger charge is 2.67. The molecule has 4 unspecified atom stereocenters. The normalized spacial score (nSPS) is 33.3. The van der Waals surface area contributed by atoms with Gasteiger partial charge in [0.1, 0.15) is 5.75 Å². The van der Waals surface area contributed by atoms with Crippen molar-refractivity contribution in [2.75, 3.05) is 9.80 Å². The first-order valence-electron chi connectivity index (χ1n) is 20.9. The maximum Gasteiger partial charge on any atom is 0.573 e. The fraction of sp³-hybridized carbons (Fsp3) is 0.469. The predicted octanol–water partition coefficient (Wildman–Crippen LogP) is 14.7. The van der Waals surface area contributed by atoms with E-state index in [4.69, 9.17) is 4.74 Å². The van der Waals surface area contributed by atoms with Crippen LogP contribution < -0.4 is 14.5 Å². The highest BCUT2D eigenvalue weighted by molar-refractivity contribution is 9.10. The lowest BCUT2D eigenvalue weighted by atomic mass is 9.34. The Morgan fingerprint density at radius 1 is 0.607 bits per heavy atom. The maximum absolute atomic E-state index is 14.6. The molecule has 10 rings (SSSR count). The number of halogens is 4. The molecule has 292 valence electrons. The number of alkyl halides is 3. The lowest BCUT2D eigenvalue weighted by Crippen LogP contribution is -2.67. The van der Waals surface area contributed by atoms with Gasteiger partial charge in [-0.05, 0) is 151 Å². The molecule has 4 atom stereocenters. The van der Waals surface area contributed by atoms with Crippen LogP contribution in [0.5, 0.6) is 5.75 Å². The van der Waals surface area contributed by atoms with Crippen molar-refractivity contribution in [3.8, 4) is 5.75 Å². The molecule has 5 saturated carbocycles. The monoisotopic (exact) mass is 820 g/mol. The van der Waals surface area contributed by atoms with E-state index in [0.29, 0.717) is 35.0 Å². The first kappa shape index (κ1) is 36.6. The van der Waals surface area contributed by atoms with Crippen molar-refractivity contribution in [2.45, 2.75) is 103 Å². The fourth-order valence-electron chi connectivity index (χ4n) is 13.9. The van der Waals surface area contributed by atoms with Crippen LogP contribution in [0.4, 0.5) is 35.9 Å². The average molecular weight is 822 g/mol. The molecule has 5 aliphatic carbocycles. The quantitative estimate of drug-likeness (QED) is 0.163. The Morgan fingerprint density at radius 2 is 1.07 bits per heavy atom. The van der Waals surface area contributed by atoms with E-state index in [1.807, 2.05) is 0 Å². The summed E-state index contributed by atoms with van der Waals surface area (Å²) in [5.41, 5.74) is 3.23. The van der Waals surface area contributed by atoms with Gasteiger partial charge in [0, 0.05) is 45.4 Å². The standard InChI is InChI=1S/C49H52BrF3N2O/c1-30-19-31-21-32(20-30)25-47(3,24-31)54(40-17-9-13-33-11-5-7-15-38(33)40)42-22-37(56-49(51,52)53)23-43(45(42)50)55(41-18-10-14-34-12-6-8-16-39(34)41)48(4)28-35-26-46(2)27-36(29-48)44(35)46/h5-18,22-23,30-32,35-36,44H,19-21,24-29H2,1-4H3. The molecule has 0 aliphatic heterocycles. The molecule has 0 radical (unpaired) electrons. The predicted molar refractivity (Wildman–Crippen MR) is 226 cm³/mol. The zero-order valence-electron chi connectivity index (χ0n) is 32.9. The SMILES string of the molecule is CC1CC2CC(C1)CC(C)(N(c1cc(OC(F)(F)F)cc(N(c3cccc4ccccc34)C3(C)CC4CC5(C)CC(C3)C45)c1Br)c1cccc3ccccc13)C2. The Kier molecular flexibility index (Phi) is 8.43. The average Bonchev–Trinajstić information content (AvgIpc) is 3.11. The van der Waals surface area contributed by atoms with E-state index in [9.17, 15) is 13.2 Å². The smallest absolute Gasteiger partial charge is 0.406 e. The molecule has 56 heavy (non-hydrogen) atoms. The van der Waals surface area contributed by atoms with Gasteiger partial charge in [0.25, 0.3) is 0 Å². The van der Waals surface area contributed by atoms with Crippen molar-refractivity contribution in [1.29, 1.82) is 0 Å². The third-order valence-corrected chi connectivity index (χ3v) is 15.9. The number of anilines is 4. The molecule has 2 bridgehead atoms. The lowest BCUT2D eigenvalue weighted by Gasteiger charge is -2.72. The Balaban J connectivity index is 1.23. The van der Waals surface area contributed by atoms with Crippen LogP contribution in [0, 0.1) is 40.9 Å². The second-order valence-corrected chi connectivity index (χ2v) is 20.2. The zero-order chi connectivity index (χ0) is 38.8. The second kappa shape index (κ2) is 12.9. The molecular weight excluding hydrogens is 769 g/mol. The van der Waals surface area contributed by atoms with Crippen molar-refractivity contribution in [3.63, 3.8) is 0 Å². The Morgan fingerprint density at radius 3 is 1.55 bits per heavy atom. The van der Waals surface area contributed by atoms with Crippen molar-refractivity contribution in [2.24, 2.45) is 40.9 Å². The number of hydrogen-bond donors (Lipinski definition) is 0. The third kappa shape index (κ3) is 5.95. The largest absolute Gasteiger partial charge is 0.573 e. The molecule has 0 aromatic heterocycles. The molecule has 0 saturated heterocycles. The molecule has 5 aromatic rings. The number of rotatable bonds is 7. The summed E-state index contributed by atoms with van der Waals surface area (Å²) in [5, 5.41) is 4.40.